The molecule has 0 aliphatic carbocycles. The highest BCUT2D eigenvalue weighted by molar-refractivity contribution is 5.77. The number of nitrogens with zero attached hydrogens (tertiary/aromatic N) is 2. The minimum atomic E-state index is 0.275. The highest BCUT2D eigenvalue weighted by atomic mass is 16.5. The van der Waals surface area contributed by atoms with Crippen molar-refractivity contribution in [2.45, 2.75) is 32.9 Å². The lowest BCUT2D eigenvalue weighted by atomic mass is 9.95. The van der Waals surface area contributed by atoms with Crippen molar-refractivity contribution in [3.8, 4) is 5.75 Å². The highest BCUT2D eigenvalue weighted by Crippen LogP contribution is 2.30. The average Bonchev–Trinajstić information content (AvgIpc) is 2.83. The Bertz CT molecular complexity index is 965. The van der Waals surface area contributed by atoms with Gasteiger partial charge in [0.05, 0.1) is 25.6 Å². The fourth-order valence-corrected chi connectivity index (χ4v) is 3.47. The molecule has 1 aliphatic heterocycles. The van der Waals surface area contributed by atoms with Gasteiger partial charge in [0.1, 0.15) is 11.4 Å². The molecule has 9 heteroatoms. The van der Waals surface area contributed by atoms with Crippen LogP contribution in [0, 0.1) is 10.8 Å². The molecule has 1 heterocycles. The molecule has 0 aromatic heterocycles. The van der Waals surface area contributed by atoms with Crippen molar-refractivity contribution < 1.29 is 4.74 Å². The van der Waals surface area contributed by atoms with Crippen LogP contribution in [0.1, 0.15) is 35.6 Å². The number of hydrogen-bond donors (Lipinski definition) is 6. The average molecular weight is 467 g/mol. The number of nitrogens with two attached hydrogens (primary N) is 4. The van der Waals surface area contributed by atoms with E-state index in [1.165, 1.54) is 23.0 Å². The summed E-state index contributed by atoms with van der Waals surface area (Å²) in [7, 11) is 1.59. The van der Waals surface area contributed by atoms with E-state index in [4.69, 9.17) is 32.8 Å². The molecule has 184 valence electrons. The van der Waals surface area contributed by atoms with Gasteiger partial charge in [-0.05, 0) is 47.7 Å². The summed E-state index contributed by atoms with van der Waals surface area (Å²) >= 11 is 0. The van der Waals surface area contributed by atoms with Crippen molar-refractivity contribution in [2.75, 3.05) is 20.2 Å². The van der Waals surface area contributed by atoms with Gasteiger partial charge in [-0.1, -0.05) is 36.4 Å². The Balaban J connectivity index is 0.000000318. The standard InChI is InChI=1S/C15H21N3.C9H13N3O.CH4N2/c1-11(2)13-4-3-12-5-7-18(8-6-15(16)17)10-14(12)9-13;1-13-8-4-2-3-7(5-10)9(8)12-6-11;2-1-3/h3-4,9H,1,5-8,10H2,2H3,(H3,16,17);2-4,6H,5,10H2,1H3,(H2,11,12);1H,(H3,2,3). The molecule has 0 saturated carbocycles. The van der Waals surface area contributed by atoms with Crippen molar-refractivity contribution in [3.05, 3.63) is 65.2 Å². The van der Waals surface area contributed by atoms with Crippen molar-refractivity contribution >= 4 is 29.8 Å². The van der Waals surface area contributed by atoms with Crippen molar-refractivity contribution in [1.82, 2.24) is 4.90 Å². The molecular formula is C25H38N8O. The molecule has 0 fully saturated rings. The van der Waals surface area contributed by atoms with Gasteiger partial charge >= 0.3 is 0 Å². The van der Waals surface area contributed by atoms with E-state index in [-0.39, 0.29) is 5.84 Å². The maximum absolute atomic E-state index is 7.29. The van der Waals surface area contributed by atoms with Gasteiger partial charge in [-0.2, -0.15) is 0 Å². The highest BCUT2D eigenvalue weighted by Gasteiger charge is 2.16. The van der Waals surface area contributed by atoms with Gasteiger partial charge in [-0.3, -0.25) is 15.7 Å². The first-order chi connectivity index (χ1) is 16.3. The zero-order valence-electron chi connectivity index (χ0n) is 20.2. The summed E-state index contributed by atoms with van der Waals surface area (Å²) in [6.45, 7) is 9.36. The molecule has 0 bridgehead atoms. The number of amidine groups is 1. The van der Waals surface area contributed by atoms with E-state index < -0.39 is 0 Å². The summed E-state index contributed by atoms with van der Waals surface area (Å²) in [5, 5.41) is 13.1. The number of rotatable bonds is 7. The number of nitrogens with one attached hydrogen (secondary N) is 2. The van der Waals surface area contributed by atoms with Crippen LogP contribution in [-0.4, -0.2) is 43.6 Å². The fraction of sp³-hybridized carbons (Fsp3) is 0.320. The quantitative estimate of drug-likeness (QED) is 0.270. The van der Waals surface area contributed by atoms with Crippen LogP contribution in [0.2, 0.25) is 0 Å². The number of aliphatic imine (C=N–C) groups is 1. The normalized spacial score (nSPS) is 12.4. The molecule has 1 aliphatic rings. The van der Waals surface area contributed by atoms with E-state index in [0.717, 1.165) is 43.5 Å². The van der Waals surface area contributed by atoms with Crippen LogP contribution in [0.3, 0.4) is 0 Å². The van der Waals surface area contributed by atoms with E-state index in [9.17, 15) is 0 Å². The Labute approximate surface area is 202 Å². The van der Waals surface area contributed by atoms with Gasteiger partial charge in [0.2, 0.25) is 0 Å². The molecule has 0 spiro atoms. The molecule has 2 aromatic rings. The van der Waals surface area contributed by atoms with Gasteiger partial charge in [-0.25, -0.2) is 4.99 Å². The van der Waals surface area contributed by atoms with E-state index in [0.29, 0.717) is 24.4 Å². The summed E-state index contributed by atoms with van der Waals surface area (Å²) in [4.78, 5) is 6.36. The van der Waals surface area contributed by atoms with E-state index in [1.54, 1.807) is 7.11 Å². The Hall–Kier alpha value is -3.69. The third-order valence-electron chi connectivity index (χ3n) is 5.21. The molecule has 34 heavy (non-hydrogen) atoms. The summed E-state index contributed by atoms with van der Waals surface area (Å²) < 4.78 is 5.12. The lowest BCUT2D eigenvalue weighted by molar-refractivity contribution is 0.261. The second-order valence-electron chi connectivity index (χ2n) is 7.68. The molecule has 3 rings (SSSR count). The third kappa shape index (κ3) is 9.05. The van der Waals surface area contributed by atoms with Gasteiger partial charge in [0, 0.05) is 32.6 Å². The third-order valence-corrected chi connectivity index (χ3v) is 5.21. The van der Waals surface area contributed by atoms with Crippen molar-refractivity contribution in [2.24, 2.45) is 27.9 Å². The minimum absolute atomic E-state index is 0.275. The smallest absolute Gasteiger partial charge is 0.144 e. The number of benzene rings is 2. The van der Waals surface area contributed by atoms with Gasteiger partial charge < -0.3 is 27.7 Å². The topological polar surface area (TPSA) is 177 Å². The van der Waals surface area contributed by atoms with E-state index in [1.807, 2.05) is 25.1 Å². The maximum atomic E-state index is 7.29. The number of para-hydroxylation sites is 1. The number of allylic oxidation sites excluding steroid dienone is 1. The second kappa shape index (κ2) is 15.2. The molecule has 0 radical (unpaired) electrons. The summed E-state index contributed by atoms with van der Waals surface area (Å²) in [6, 6.07) is 12.2. The Morgan fingerprint density at radius 2 is 1.94 bits per heavy atom. The number of methoxy groups -OCH3 is 1. The van der Waals surface area contributed by atoms with Gasteiger partial charge in [-0.15, -0.1) is 0 Å². The first-order valence-corrected chi connectivity index (χ1v) is 10.9. The van der Waals surface area contributed by atoms with Gasteiger partial charge in [0.25, 0.3) is 0 Å². The lowest BCUT2D eigenvalue weighted by Gasteiger charge is -2.29. The maximum Gasteiger partial charge on any atom is 0.144 e. The van der Waals surface area contributed by atoms with Crippen LogP contribution in [0.4, 0.5) is 5.69 Å². The zero-order chi connectivity index (χ0) is 25.5. The van der Waals surface area contributed by atoms with Gasteiger partial charge in [0.15, 0.2) is 0 Å². The van der Waals surface area contributed by atoms with Crippen molar-refractivity contribution in [3.63, 3.8) is 0 Å². The minimum Gasteiger partial charge on any atom is -0.494 e. The summed E-state index contributed by atoms with van der Waals surface area (Å²) in [5.74, 6) is 0.959. The Morgan fingerprint density at radius 3 is 2.50 bits per heavy atom. The lowest BCUT2D eigenvalue weighted by Crippen LogP contribution is -2.33. The summed E-state index contributed by atoms with van der Waals surface area (Å²) in [6.07, 6.45) is 3.73. The number of fused-ring (bicyclic) bond motifs is 1. The monoisotopic (exact) mass is 466 g/mol. The van der Waals surface area contributed by atoms with Crippen LogP contribution >= 0.6 is 0 Å². The molecule has 10 N–H and O–H groups in total. The Morgan fingerprint density at radius 1 is 1.24 bits per heavy atom. The van der Waals surface area contributed by atoms with Crippen LogP contribution in [0.25, 0.3) is 5.57 Å². The molecule has 9 nitrogen and oxygen atoms in total. The zero-order valence-corrected chi connectivity index (χ0v) is 20.2. The number of hydrogen-bond acceptors (Lipinski definition) is 6. The van der Waals surface area contributed by atoms with Crippen LogP contribution < -0.4 is 27.7 Å². The van der Waals surface area contributed by atoms with Crippen molar-refractivity contribution in [1.29, 1.82) is 10.8 Å². The van der Waals surface area contributed by atoms with Crippen LogP contribution in [0.15, 0.2) is 48.0 Å². The fourth-order valence-electron chi connectivity index (χ4n) is 3.47. The predicted octanol–water partition coefficient (Wildman–Crippen LogP) is 2.73. The molecule has 0 saturated heterocycles. The Kier molecular flexibility index (Phi) is 12.7. The van der Waals surface area contributed by atoms with Crippen LogP contribution in [-0.2, 0) is 19.5 Å². The predicted molar refractivity (Wildman–Crippen MR) is 143 cm³/mol. The van der Waals surface area contributed by atoms with Crippen LogP contribution in [0.5, 0.6) is 5.75 Å². The second-order valence-corrected chi connectivity index (χ2v) is 7.68. The molecule has 0 atom stereocenters. The molecular weight excluding hydrogens is 428 g/mol. The first-order valence-electron chi connectivity index (χ1n) is 10.9. The SMILES string of the molecule is C=C(C)c1ccc2c(c1)CN(CCC(=N)N)CC2.COc1cccc(CN)c1N=CN.N=CN. The van der Waals surface area contributed by atoms with E-state index in [2.05, 4.69) is 40.4 Å². The molecule has 0 unspecified atom stereocenters. The number of ether oxygens (including phenoxy) is 1. The summed E-state index contributed by atoms with van der Waals surface area (Å²) in [5.41, 5.74) is 27.3. The first kappa shape index (κ1) is 28.3. The molecule has 2 aromatic carbocycles. The molecule has 0 amide bonds. The van der Waals surface area contributed by atoms with E-state index >= 15 is 0 Å². The largest absolute Gasteiger partial charge is 0.494 e.